The summed E-state index contributed by atoms with van der Waals surface area (Å²) in [7, 11) is 0. The van der Waals surface area contributed by atoms with Gasteiger partial charge < -0.3 is 5.32 Å². The van der Waals surface area contributed by atoms with E-state index in [0.717, 1.165) is 6.07 Å². The number of halogens is 1. The number of nitriles is 1. The molecule has 0 aliphatic rings. The van der Waals surface area contributed by atoms with Gasteiger partial charge in [-0.05, 0) is 6.07 Å². The lowest BCUT2D eigenvalue weighted by Crippen LogP contribution is -2.09. The number of hydrogen-bond donors (Lipinski definition) is 1. The number of pyridine rings is 1. The lowest BCUT2D eigenvalue weighted by Gasteiger charge is -2.01. The first-order valence-corrected chi connectivity index (χ1v) is 3.46. The van der Waals surface area contributed by atoms with Gasteiger partial charge in [0.15, 0.2) is 11.6 Å². The van der Waals surface area contributed by atoms with Gasteiger partial charge in [0, 0.05) is 13.1 Å². The molecule has 0 fully saturated rings. The number of anilines is 1. The number of rotatable bonds is 1. The Balaban J connectivity index is 3.00. The van der Waals surface area contributed by atoms with Gasteiger partial charge in [0.1, 0.15) is 6.07 Å². The maximum atomic E-state index is 13.0. The van der Waals surface area contributed by atoms with Crippen molar-refractivity contribution in [2.75, 3.05) is 5.32 Å². The molecular formula is C8H6FN3O. The standard InChI is InChI=1S/C8H6FN3O/c1-5(13)12-8-7(9)2-6(3-10)4-11-8/h2,4H,1H3,(H,11,12,13). The van der Waals surface area contributed by atoms with Crippen molar-refractivity contribution in [3.63, 3.8) is 0 Å². The third-order valence-corrected chi connectivity index (χ3v) is 1.26. The van der Waals surface area contributed by atoms with Crippen molar-refractivity contribution in [2.45, 2.75) is 6.92 Å². The summed E-state index contributed by atoms with van der Waals surface area (Å²) in [5, 5.41) is 10.6. The maximum absolute atomic E-state index is 13.0. The molecule has 0 atom stereocenters. The molecule has 1 aromatic heterocycles. The topological polar surface area (TPSA) is 65.8 Å². The van der Waals surface area contributed by atoms with Gasteiger partial charge in [-0.3, -0.25) is 4.79 Å². The lowest BCUT2D eigenvalue weighted by atomic mass is 10.3. The number of nitrogens with zero attached hydrogens (tertiary/aromatic N) is 2. The van der Waals surface area contributed by atoms with E-state index < -0.39 is 11.7 Å². The van der Waals surface area contributed by atoms with Gasteiger partial charge in [0.25, 0.3) is 0 Å². The van der Waals surface area contributed by atoms with Crippen molar-refractivity contribution in [1.29, 1.82) is 5.26 Å². The molecule has 1 amide bonds. The van der Waals surface area contributed by atoms with E-state index in [1.165, 1.54) is 13.1 Å². The van der Waals surface area contributed by atoms with Crippen molar-refractivity contribution in [1.82, 2.24) is 4.98 Å². The Labute approximate surface area is 74.0 Å². The zero-order valence-electron chi connectivity index (χ0n) is 6.84. The quantitative estimate of drug-likeness (QED) is 0.700. The fraction of sp³-hybridized carbons (Fsp3) is 0.125. The zero-order valence-corrected chi connectivity index (χ0v) is 6.84. The SMILES string of the molecule is CC(=O)Nc1ncc(C#N)cc1F. The van der Waals surface area contributed by atoms with Gasteiger partial charge in [0.2, 0.25) is 5.91 Å². The van der Waals surface area contributed by atoms with Gasteiger partial charge in [-0.2, -0.15) is 5.26 Å². The summed E-state index contributed by atoms with van der Waals surface area (Å²) in [5.74, 6) is -1.28. The van der Waals surface area contributed by atoms with Crippen molar-refractivity contribution in [3.05, 3.63) is 23.6 Å². The highest BCUT2D eigenvalue weighted by molar-refractivity contribution is 5.87. The van der Waals surface area contributed by atoms with Gasteiger partial charge in [0.05, 0.1) is 5.56 Å². The van der Waals surface area contributed by atoms with Crippen LogP contribution >= 0.6 is 0 Å². The molecular weight excluding hydrogens is 173 g/mol. The molecule has 0 bridgehead atoms. The van der Waals surface area contributed by atoms with Crippen molar-refractivity contribution in [3.8, 4) is 6.07 Å². The molecule has 13 heavy (non-hydrogen) atoms. The number of carbonyl (C=O) groups excluding carboxylic acids is 1. The Hall–Kier alpha value is -1.96. The highest BCUT2D eigenvalue weighted by Gasteiger charge is 2.05. The third-order valence-electron chi connectivity index (χ3n) is 1.26. The summed E-state index contributed by atoms with van der Waals surface area (Å²) in [5.41, 5.74) is 0.117. The normalized spacial score (nSPS) is 9.00. The van der Waals surface area contributed by atoms with E-state index in [1.807, 2.05) is 0 Å². The fourth-order valence-electron chi connectivity index (χ4n) is 0.758. The van der Waals surface area contributed by atoms with Gasteiger partial charge in [-0.15, -0.1) is 0 Å². The zero-order chi connectivity index (χ0) is 9.84. The van der Waals surface area contributed by atoms with E-state index in [4.69, 9.17) is 5.26 Å². The van der Waals surface area contributed by atoms with Crippen LogP contribution in [0.25, 0.3) is 0 Å². The lowest BCUT2D eigenvalue weighted by molar-refractivity contribution is -0.114. The van der Waals surface area contributed by atoms with Gasteiger partial charge in [-0.25, -0.2) is 9.37 Å². The van der Waals surface area contributed by atoms with Crippen LogP contribution in [-0.4, -0.2) is 10.9 Å². The maximum Gasteiger partial charge on any atom is 0.222 e. The number of aromatic nitrogens is 1. The Morgan fingerprint density at radius 3 is 2.92 bits per heavy atom. The fourth-order valence-corrected chi connectivity index (χ4v) is 0.758. The van der Waals surface area contributed by atoms with Gasteiger partial charge >= 0.3 is 0 Å². The second kappa shape index (κ2) is 3.63. The molecule has 0 radical (unpaired) electrons. The number of carbonyl (C=O) groups is 1. The molecule has 4 nitrogen and oxygen atoms in total. The number of amides is 1. The molecule has 1 N–H and O–H groups in total. The molecule has 0 saturated carbocycles. The van der Waals surface area contributed by atoms with E-state index in [1.54, 1.807) is 6.07 Å². The molecule has 1 rings (SSSR count). The van der Waals surface area contributed by atoms with Crippen LogP contribution in [0.5, 0.6) is 0 Å². The van der Waals surface area contributed by atoms with E-state index in [2.05, 4.69) is 10.3 Å². The predicted molar refractivity (Wildman–Crippen MR) is 43.2 cm³/mol. The van der Waals surface area contributed by atoms with Crippen LogP contribution < -0.4 is 5.32 Å². The molecule has 0 saturated heterocycles. The second-order valence-electron chi connectivity index (χ2n) is 2.35. The molecule has 66 valence electrons. The molecule has 0 aromatic carbocycles. The summed E-state index contributed by atoms with van der Waals surface area (Å²) < 4.78 is 13.0. The highest BCUT2D eigenvalue weighted by Crippen LogP contribution is 2.10. The molecule has 0 aliphatic heterocycles. The van der Waals surface area contributed by atoms with Crippen LogP contribution in [0.1, 0.15) is 12.5 Å². The van der Waals surface area contributed by atoms with Crippen LogP contribution in [0.2, 0.25) is 0 Å². The molecule has 0 spiro atoms. The van der Waals surface area contributed by atoms with E-state index in [9.17, 15) is 9.18 Å². The average molecular weight is 179 g/mol. The minimum absolute atomic E-state index is 0.117. The first kappa shape index (κ1) is 9.13. The summed E-state index contributed by atoms with van der Waals surface area (Å²) in [6.45, 7) is 1.25. The Morgan fingerprint density at radius 2 is 2.46 bits per heavy atom. The summed E-state index contributed by atoms with van der Waals surface area (Å²) in [4.78, 5) is 14.1. The number of hydrogen-bond acceptors (Lipinski definition) is 3. The molecule has 0 unspecified atom stereocenters. The van der Waals surface area contributed by atoms with Gasteiger partial charge in [-0.1, -0.05) is 0 Å². The van der Waals surface area contributed by atoms with Crippen molar-refractivity contribution >= 4 is 11.7 Å². The van der Waals surface area contributed by atoms with Crippen LogP contribution in [0.3, 0.4) is 0 Å². The predicted octanol–water partition coefficient (Wildman–Crippen LogP) is 1.05. The first-order chi connectivity index (χ1) is 6.13. The van der Waals surface area contributed by atoms with Crippen LogP contribution in [0, 0.1) is 17.1 Å². The van der Waals surface area contributed by atoms with E-state index in [0.29, 0.717) is 0 Å². The van der Waals surface area contributed by atoms with E-state index >= 15 is 0 Å². The first-order valence-electron chi connectivity index (χ1n) is 3.46. The largest absolute Gasteiger partial charge is 0.308 e. The minimum atomic E-state index is -0.714. The van der Waals surface area contributed by atoms with Crippen LogP contribution in [-0.2, 0) is 4.79 Å². The second-order valence-corrected chi connectivity index (χ2v) is 2.35. The van der Waals surface area contributed by atoms with Crippen molar-refractivity contribution in [2.24, 2.45) is 0 Å². The summed E-state index contributed by atoms with van der Waals surface area (Å²) in [6.07, 6.45) is 1.19. The molecule has 1 aromatic rings. The summed E-state index contributed by atoms with van der Waals surface area (Å²) >= 11 is 0. The average Bonchev–Trinajstić information content (AvgIpc) is 2.08. The monoisotopic (exact) mass is 179 g/mol. The Morgan fingerprint density at radius 1 is 1.77 bits per heavy atom. The highest BCUT2D eigenvalue weighted by atomic mass is 19.1. The molecule has 0 aliphatic carbocycles. The Kier molecular flexibility index (Phi) is 2.55. The Bertz CT molecular complexity index is 383. The van der Waals surface area contributed by atoms with Crippen LogP contribution in [0.4, 0.5) is 10.2 Å². The summed E-state index contributed by atoms with van der Waals surface area (Å²) in [6, 6.07) is 2.75. The smallest absolute Gasteiger partial charge is 0.222 e. The van der Waals surface area contributed by atoms with E-state index in [-0.39, 0.29) is 11.4 Å². The minimum Gasteiger partial charge on any atom is -0.308 e. The molecule has 1 heterocycles. The number of nitrogens with one attached hydrogen (secondary N) is 1. The third kappa shape index (κ3) is 2.24. The van der Waals surface area contributed by atoms with Crippen LogP contribution in [0.15, 0.2) is 12.3 Å². The van der Waals surface area contributed by atoms with Crippen molar-refractivity contribution < 1.29 is 9.18 Å². The molecule has 5 heteroatoms.